The minimum absolute atomic E-state index is 0.0608. The van der Waals surface area contributed by atoms with Gasteiger partial charge in [0.15, 0.2) is 5.13 Å². The van der Waals surface area contributed by atoms with Crippen molar-refractivity contribution in [1.82, 2.24) is 4.98 Å². The third-order valence-electron chi connectivity index (χ3n) is 3.92. The molecule has 0 bridgehead atoms. The van der Waals surface area contributed by atoms with Gasteiger partial charge >= 0.3 is 0 Å². The van der Waals surface area contributed by atoms with Gasteiger partial charge in [-0.3, -0.25) is 4.79 Å². The second-order valence-corrected chi connectivity index (χ2v) is 6.94. The first-order valence-corrected chi connectivity index (χ1v) is 9.61. The lowest BCUT2D eigenvalue weighted by Gasteiger charge is -2.06. The normalized spacial score (nSPS) is 10.4. The molecule has 27 heavy (non-hydrogen) atoms. The molecule has 3 rings (SSSR count). The fourth-order valence-electron chi connectivity index (χ4n) is 2.56. The van der Waals surface area contributed by atoms with Crippen LogP contribution in [0, 0.1) is 6.92 Å². The summed E-state index contributed by atoms with van der Waals surface area (Å²) in [6.45, 7) is 2.53. The van der Waals surface area contributed by atoms with Crippen LogP contribution in [0.15, 0.2) is 53.9 Å². The molecule has 1 N–H and O–H groups in total. The number of nitrogens with one attached hydrogen (secondary N) is 1. The van der Waals surface area contributed by atoms with Crippen molar-refractivity contribution in [2.45, 2.75) is 19.8 Å². The molecule has 5 nitrogen and oxygen atoms in total. The van der Waals surface area contributed by atoms with E-state index >= 15 is 0 Å². The maximum absolute atomic E-state index is 12.1. The summed E-state index contributed by atoms with van der Waals surface area (Å²) in [5.74, 6) is 1.55. The summed E-state index contributed by atoms with van der Waals surface area (Å²) in [5, 5.41) is 5.37. The third-order valence-corrected chi connectivity index (χ3v) is 4.68. The van der Waals surface area contributed by atoms with Crippen molar-refractivity contribution in [3.8, 4) is 22.8 Å². The number of benzene rings is 2. The zero-order valence-corrected chi connectivity index (χ0v) is 16.2. The molecule has 6 heteroatoms. The van der Waals surface area contributed by atoms with E-state index in [2.05, 4.69) is 10.3 Å². The maximum Gasteiger partial charge on any atom is 0.226 e. The summed E-state index contributed by atoms with van der Waals surface area (Å²) < 4.78 is 10.9. The van der Waals surface area contributed by atoms with Crippen LogP contribution in [0.4, 0.5) is 5.13 Å². The molecule has 0 aliphatic heterocycles. The highest BCUT2D eigenvalue weighted by molar-refractivity contribution is 7.14. The molecule has 0 radical (unpaired) electrons. The van der Waals surface area contributed by atoms with Crippen molar-refractivity contribution in [2.75, 3.05) is 19.0 Å². The van der Waals surface area contributed by atoms with Gasteiger partial charge < -0.3 is 14.8 Å². The number of carbonyl (C=O) groups excluding carboxylic acids is 1. The van der Waals surface area contributed by atoms with Gasteiger partial charge in [-0.05, 0) is 43.2 Å². The minimum Gasteiger partial charge on any atom is -0.497 e. The van der Waals surface area contributed by atoms with E-state index in [4.69, 9.17) is 9.47 Å². The Balaban J connectivity index is 1.46. The Kier molecular flexibility index (Phi) is 6.44. The summed E-state index contributed by atoms with van der Waals surface area (Å²) in [5.41, 5.74) is 2.93. The molecule has 2 aromatic carbocycles. The quantitative estimate of drug-likeness (QED) is 0.562. The van der Waals surface area contributed by atoms with E-state index in [1.165, 1.54) is 11.3 Å². The molecule has 1 amide bonds. The zero-order valence-electron chi connectivity index (χ0n) is 15.4. The number of methoxy groups -OCH3 is 1. The summed E-state index contributed by atoms with van der Waals surface area (Å²) in [7, 11) is 1.63. The molecule has 0 unspecified atom stereocenters. The van der Waals surface area contributed by atoms with Crippen LogP contribution in [0.5, 0.6) is 11.5 Å². The van der Waals surface area contributed by atoms with Crippen molar-refractivity contribution in [3.05, 3.63) is 59.5 Å². The Morgan fingerprint density at radius 1 is 1.15 bits per heavy atom. The SMILES string of the molecule is COc1cccc(-c2csc(NC(=O)CCCOc3cccc(C)c3)n2)c1. The molecule has 0 atom stereocenters. The molecule has 0 aliphatic rings. The molecule has 140 valence electrons. The van der Waals surface area contributed by atoms with Gasteiger partial charge in [-0.15, -0.1) is 11.3 Å². The van der Waals surface area contributed by atoms with E-state index in [0.717, 1.165) is 28.3 Å². The lowest BCUT2D eigenvalue weighted by atomic mass is 10.2. The second kappa shape index (κ2) is 9.19. The zero-order chi connectivity index (χ0) is 19.1. The first-order valence-electron chi connectivity index (χ1n) is 8.73. The Morgan fingerprint density at radius 2 is 1.96 bits per heavy atom. The Bertz CT molecular complexity index is 908. The molecule has 0 aliphatic carbocycles. The van der Waals surface area contributed by atoms with Crippen LogP contribution in [0.25, 0.3) is 11.3 Å². The van der Waals surface area contributed by atoms with E-state index in [1.54, 1.807) is 7.11 Å². The highest BCUT2D eigenvalue weighted by atomic mass is 32.1. The Hall–Kier alpha value is -2.86. The number of hydrogen-bond donors (Lipinski definition) is 1. The molecule has 0 spiro atoms. The van der Waals surface area contributed by atoms with Crippen LogP contribution >= 0.6 is 11.3 Å². The number of thiazole rings is 1. The number of aryl methyl sites for hydroxylation is 1. The van der Waals surface area contributed by atoms with Gasteiger partial charge in [0.25, 0.3) is 0 Å². The highest BCUT2D eigenvalue weighted by Gasteiger charge is 2.09. The fourth-order valence-corrected chi connectivity index (χ4v) is 3.29. The van der Waals surface area contributed by atoms with Crippen LogP contribution in [-0.4, -0.2) is 24.6 Å². The lowest BCUT2D eigenvalue weighted by Crippen LogP contribution is -2.12. The van der Waals surface area contributed by atoms with Gasteiger partial charge in [0, 0.05) is 17.4 Å². The first kappa shape index (κ1) is 18.9. The van der Waals surface area contributed by atoms with Crippen LogP contribution in [0.1, 0.15) is 18.4 Å². The topological polar surface area (TPSA) is 60.5 Å². The fraction of sp³-hybridized carbons (Fsp3) is 0.238. The largest absolute Gasteiger partial charge is 0.497 e. The van der Waals surface area contributed by atoms with Crippen molar-refractivity contribution in [1.29, 1.82) is 0 Å². The summed E-state index contributed by atoms with van der Waals surface area (Å²) in [4.78, 5) is 16.6. The monoisotopic (exact) mass is 382 g/mol. The number of amides is 1. The predicted molar refractivity (Wildman–Crippen MR) is 109 cm³/mol. The molecule has 0 saturated carbocycles. The molecule has 1 aromatic heterocycles. The van der Waals surface area contributed by atoms with E-state index in [1.807, 2.05) is 60.8 Å². The lowest BCUT2D eigenvalue weighted by molar-refractivity contribution is -0.116. The number of ether oxygens (including phenoxy) is 2. The van der Waals surface area contributed by atoms with E-state index in [-0.39, 0.29) is 5.91 Å². The van der Waals surface area contributed by atoms with Gasteiger partial charge in [0.2, 0.25) is 5.91 Å². The van der Waals surface area contributed by atoms with Crippen LogP contribution < -0.4 is 14.8 Å². The van der Waals surface area contributed by atoms with Crippen LogP contribution in [0.2, 0.25) is 0 Å². The minimum atomic E-state index is -0.0608. The van der Waals surface area contributed by atoms with Crippen molar-refractivity contribution in [3.63, 3.8) is 0 Å². The van der Waals surface area contributed by atoms with Crippen molar-refractivity contribution >= 4 is 22.4 Å². The summed E-state index contributed by atoms with van der Waals surface area (Å²) in [6, 6.07) is 15.6. The number of aromatic nitrogens is 1. The van der Waals surface area contributed by atoms with E-state index < -0.39 is 0 Å². The second-order valence-electron chi connectivity index (χ2n) is 6.09. The van der Waals surface area contributed by atoms with Crippen LogP contribution in [0.3, 0.4) is 0 Å². The van der Waals surface area contributed by atoms with Crippen molar-refractivity contribution in [2.24, 2.45) is 0 Å². The molecule has 3 aromatic rings. The summed E-state index contributed by atoms with van der Waals surface area (Å²) >= 11 is 1.41. The number of hydrogen-bond acceptors (Lipinski definition) is 5. The first-order chi connectivity index (χ1) is 13.1. The number of anilines is 1. The highest BCUT2D eigenvalue weighted by Crippen LogP contribution is 2.27. The molecule has 0 saturated heterocycles. The predicted octanol–water partition coefficient (Wildman–Crippen LogP) is 4.92. The van der Waals surface area contributed by atoms with E-state index in [0.29, 0.717) is 24.6 Å². The third kappa shape index (κ3) is 5.56. The number of rotatable bonds is 8. The van der Waals surface area contributed by atoms with Gasteiger partial charge in [0.05, 0.1) is 19.4 Å². The standard InChI is InChI=1S/C21H22N2O3S/c1-15-6-3-9-18(12-15)26-11-5-10-20(24)23-21-22-19(14-27-21)16-7-4-8-17(13-16)25-2/h3-4,6-9,12-14H,5,10-11H2,1-2H3,(H,22,23,24). The summed E-state index contributed by atoms with van der Waals surface area (Å²) in [6.07, 6.45) is 1.04. The molecular formula is C21H22N2O3S. The van der Waals surface area contributed by atoms with E-state index in [9.17, 15) is 4.79 Å². The van der Waals surface area contributed by atoms with Crippen LogP contribution in [-0.2, 0) is 4.79 Å². The average Bonchev–Trinajstić information content (AvgIpc) is 3.14. The van der Waals surface area contributed by atoms with Gasteiger partial charge in [0.1, 0.15) is 11.5 Å². The molecule has 0 fully saturated rings. The Morgan fingerprint density at radius 3 is 2.78 bits per heavy atom. The number of nitrogens with zero attached hydrogens (tertiary/aromatic N) is 1. The average molecular weight is 382 g/mol. The van der Waals surface area contributed by atoms with Gasteiger partial charge in [-0.2, -0.15) is 0 Å². The molecular weight excluding hydrogens is 360 g/mol. The maximum atomic E-state index is 12.1. The van der Waals surface area contributed by atoms with Gasteiger partial charge in [-0.25, -0.2) is 4.98 Å². The number of carbonyl (C=O) groups is 1. The smallest absolute Gasteiger partial charge is 0.226 e. The van der Waals surface area contributed by atoms with Crippen molar-refractivity contribution < 1.29 is 14.3 Å². The molecule has 1 heterocycles. The van der Waals surface area contributed by atoms with Gasteiger partial charge in [-0.1, -0.05) is 24.3 Å². The Labute approximate surface area is 163 Å².